The Balaban J connectivity index is 1.71. The first-order valence-electron chi connectivity index (χ1n) is 6.74. The molecule has 0 atom stereocenters. The Bertz CT molecular complexity index is 644. The van der Waals surface area contributed by atoms with E-state index in [1.54, 1.807) is 24.3 Å². The average molecular weight is 299 g/mol. The van der Waals surface area contributed by atoms with Crippen LogP contribution in [0.4, 0.5) is 5.69 Å². The zero-order valence-corrected chi connectivity index (χ0v) is 11.9. The molecule has 0 aliphatic heterocycles. The van der Waals surface area contributed by atoms with Gasteiger partial charge in [-0.3, -0.25) is 15.0 Å². The van der Waals surface area contributed by atoms with Gasteiger partial charge < -0.3 is 10.5 Å². The first kappa shape index (κ1) is 15.5. The molecule has 0 aromatic heterocycles. The third-order valence-corrected chi connectivity index (χ3v) is 2.88. The second-order valence-electron chi connectivity index (χ2n) is 4.54. The molecule has 0 heterocycles. The second-order valence-corrected chi connectivity index (χ2v) is 4.54. The summed E-state index contributed by atoms with van der Waals surface area (Å²) in [7, 11) is 0. The minimum absolute atomic E-state index is 0.134. The van der Waals surface area contributed by atoms with Crippen molar-refractivity contribution in [3.05, 3.63) is 65.7 Å². The molecule has 22 heavy (non-hydrogen) atoms. The minimum Gasteiger partial charge on any atom is -0.460 e. The Morgan fingerprint density at radius 3 is 2.41 bits per heavy atom. The molecule has 0 aliphatic rings. The number of benzene rings is 2. The topological polar surface area (TPSA) is 93.5 Å². The van der Waals surface area contributed by atoms with Gasteiger partial charge in [-0.15, -0.1) is 0 Å². The maximum atomic E-state index is 11.8. The van der Waals surface area contributed by atoms with Gasteiger partial charge in [-0.2, -0.15) is 0 Å². The molecule has 2 rings (SSSR count). The van der Waals surface area contributed by atoms with E-state index in [1.165, 1.54) is 0 Å². The molecule has 0 bridgehead atoms. The summed E-state index contributed by atoms with van der Waals surface area (Å²) in [6.07, 6.45) is 0. The zero-order valence-electron chi connectivity index (χ0n) is 11.9. The number of esters is 1. The molecular formula is C16H17N3O3. The lowest BCUT2D eigenvalue weighted by Gasteiger charge is -2.09. The van der Waals surface area contributed by atoms with Crippen LogP contribution in [0.3, 0.4) is 0 Å². The fourth-order valence-electron chi connectivity index (χ4n) is 1.76. The van der Waals surface area contributed by atoms with Gasteiger partial charge in [0, 0.05) is 5.69 Å². The lowest BCUT2D eigenvalue weighted by molar-refractivity contribution is -0.143. The highest BCUT2D eigenvalue weighted by Crippen LogP contribution is 2.09. The number of nitrogens with two attached hydrogens (primary N) is 1. The van der Waals surface area contributed by atoms with Gasteiger partial charge in [-0.1, -0.05) is 42.5 Å². The summed E-state index contributed by atoms with van der Waals surface area (Å²) in [5, 5.41) is 0. The molecule has 0 spiro atoms. The van der Waals surface area contributed by atoms with Crippen LogP contribution >= 0.6 is 0 Å². The number of nitrogens with one attached hydrogen (secondary N) is 2. The normalized spacial score (nSPS) is 10.0. The van der Waals surface area contributed by atoms with Crippen LogP contribution in [0.2, 0.25) is 0 Å². The van der Waals surface area contributed by atoms with Gasteiger partial charge in [0.15, 0.2) is 0 Å². The van der Waals surface area contributed by atoms with Crippen LogP contribution < -0.4 is 16.6 Å². The van der Waals surface area contributed by atoms with Crippen molar-refractivity contribution in [2.45, 2.75) is 6.61 Å². The lowest BCUT2D eigenvalue weighted by atomic mass is 10.2. The fraction of sp³-hybridized carbons (Fsp3) is 0.125. The van der Waals surface area contributed by atoms with E-state index in [-0.39, 0.29) is 13.2 Å². The van der Waals surface area contributed by atoms with Crippen molar-refractivity contribution in [3.8, 4) is 0 Å². The molecule has 2 aromatic carbocycles. The van der Waals surface area contributed by atoms with E-state index < -0.39 is 11.9 Å². The van der Waals surface area contributed by atoms with Gasteiger partial charge in [-0.05, 0) is 17.7 Å². The summed E-state index contributed by atoms with van der Waals surface area (Å²) in [5.74, 6) is -0.876. The number of amides is 1. The molecule has 2 aromatic rings. The van der Waals surface area contributed by atoms with Crippen molar-refractivity contribution in [1.82, 2.24) is 10.9 Å². The number of para-hydroxylation sites is 1. The van der Waals surface area contributed by atoms with Gasteiger partial charge in [0.1, 0.15) is 13.2 Å². The molecule has 4 N–H and O–H groups in total. The van der Waals surface area contributed by atoms with E-state index in [1.807, 2.05) is 30.3 Å². The number of carbonyl (C=O) groups is 2. The molecule has 0 fully saturated rings. The SMILES string of the molecule is Nc1ccccc1C(=O)NNCC(=O)OCc1ccccc1. The Morgan fingerprint density at radius 1 is 1.00 bits per heavy atom. The number of carbonyl (C=O) groups excluding carboxylic acids is 2. The number of hydrogen-bond donors (Lipinski definition) is 3. The van der Waals surface area contributed by atoms with Crippen LogP contribution in [-0.2, 0) is 16.1 Å². The van der Waals surface area contributed by atoms with Gasteiger partial charge in [0.25, 0.3) is 5.91 Å². The molecule has 0 saturated carbocycles. The van der Waals surface area contributed by atoms with Gasteiger partial charge in [-0.25, -0.2) is 5.43 Å². The van der Waals surface area contributed by atoms with Crippen molar-refractivity contribution in [1.29, 1.82) is 0 Å². The van der Waals surface area contributed by atoms with Gasteiger partial charge in [0.2, 0.25) is 0 Å². The minimum atomic E-state index is -0.467. The highest BCUT2D eigenvalue weighted by Gasteiger charge is 2.09. The Morgan fingerprint density at radius 2 is 1.68 bits per heavy atom. The van der Waals surface area contributed by atoms with Crippen molar-refractivity contribution < 1.29 is 14.3 Å². The summed E-state index contributed by atoms with van der Waals surface area (Å²) >= 11 is 0. The van der Waals surface area contributed by atoms with Crippen LogP contribution in [0.5, 0.6) is 0 Å². The van der Waals surface area contributed by atoms with Crippen molar-refractivity contribution in [3.63, 3.8) is 0 Å². The van der Waals surface area contributed by atoms with Crippen LogP contribution in [0.1, 0.15) is 15.9 Å². The number of hydrazine groups is 1. The molecule has 114 valence electrons. The van der Waals surface area contributed by atoms with Crippen LogP contribution in [0, 0.1) is 0 Å². The summed E-state index contributed by atoms with van der Waals surface area (Å²) in [5.41, 5.74) is 12.2. The quantitative estimate of drug-likeness (QED) is 0.424. The predicted octanol–water partition coefficient (Wildman–Crippen LogP) is 1.25. The highest BCUT2D eigenvalue weighted by atomic mass is 16.5. The van der Waals surface area contributed by atoms with Crippen LogP contribution in [0.15, 0.2) is 54.6 Å². The molecule has 0 radical (unpaired) electrons. The number of anilines is 1. The van der Waals surface area contributed by atoms with Gasteiger partial charge in [0.05, 0.1) is 5.56 Å². The third kappa shape index (κ3) is 4.60. The fourth-order valence-corrected chi connectivity index (χ4v) is 1.76. The lowest BCUT2D eigenvalue weighted by Crippen LogP contribution is -2.41. The first-order valence-corrected chi connectivity index (χ1v) is 6.74. The number of hydrogen-bond acceptors (Lipinski definition) is 5. The first-order chi connectivity index (χ1) is 10.7. The second kappa shape index (κ2) is 7.80. The van der Waals surface area contributed by atoms with E-state index in [0.29, 0.717) is 11.3 Å². The largest absolute Gasteiger partial charge is 0.460 e. The molecular weight excluding hydrogens is 282 g/mol. The number of ether oxygens (including phenoxy) is 1. The van der Waals surface area contributed by atoms with Crippen LogP contribution in [-0.4, -0.2) is 18.4 Å². The highest BCUT2D eigenvalue weighted by molar-refractivity contribution is 5.98. The molecule has 0 unspecified atom stereocenters. The van der Waals surface area contributed by atoms with Crippen molar-refractivity contribution >= 4 is 17.6 Å². The molecule has 0 saturated heterocycles. The zero-order chi connectivity index (χ0) is 15.8. The maximum Gasteiger partial charge on any atom is 0.322 e. The number of nitrogen functional groups attached to an aromatic ring is 1. The molecule has 0 aliphatic carbocycles. The Kier molecular flexibility index (Phi) is 5.50. The summed E-state index contributed by atoms with van der Waals surface area (Å²) in [6.45, 7) is 0.0618. The van der Waals surface area contributed by atoms with Crippen molar-refractivity contribution in [2.75, 3.05) is 12.3 Å². The maximum absolute atomic E-state index is 11.8. The Labute approximate surface area is 128 Å². The number of rotatable bonds is 6. The van der Waals surface area contributed by atoms with E-state index in [9.17, 15) is 9.59 Å². The average Bonchev–Trinajstić information content (AvgIpc) is 2.54. The standard InChI is InChI=1S/C16H17N3O3/c17-14-9-5-4-8-13(14)16(21)19-18-10-15(20)22-11-12-6-2-1-3-7-12/h1-9,18H,10-11,17H2,(H,19,21). The van der Waals surface area contributed by atoms with E-state index in [4.69, 9.17) is 10.5 Å². The summed E-state index contributed by atoms with van der Waals surface area (Å²) < 4.78 is 5.06. The van der Waals surface area contributed by atoms with E-state index in [2.05, 4.69) is 10.9 Å². The smallest absolute Gasteiger partial charge is 0.322 e. The molecule has 6 heteroatoms. The molecule has 6 nitrogen and oxygen atoms in total. The third-order valence-electron chi connectivity index (χ3n) is 2.88. The van der Waals surface area contributed by atoms with E-state index in [0.717, 1.165) is 5.56 Å². The monoisotopic (exact) mass is 299 g/mol. The summed E-state index contributed by atoms with van der Waals surface area (Å²) in [4.78, 5) is 23.4. The van der Waals surface area contributed by atoms with E-state index >= 15 is 0 Å². The van der Waals surface area contributed by atoms with Crippen molar-refractivity contribution in [2.24, 2.45) is 0 Å². The van der Waals surface area contributed by atoms with Crippen LogP contribution in [0.25, 0.3) is 0 Å². The van der Waals surface area contributed by atoms with Gasteiger partial charge >= 0.3 is 5.97 Å². The molecule has 1 amide bonds. The predicted molar refractivity (Wildman–Crippen MR) is 82.6 cm³/mol. The Hall–Kier alpha value is -2.86. The summed E-state index contributed by atoms with van der Waals surface area (Å²) in [6, 6.07) is 16.0.